The maximum atomic E-state index is 12.3. The van der Waals surface area contributed by atoms with Crippen LogP contribution in [-0.4, -0.2) is 33.9 Å². The molecule has 0 spiro atoms. The first-order valence-electron chi connectivity index (χ1n) is 7.05. The molecule has 1 N–H and O–H groups in total. The van der Waals surface area contributed by atoms with Crippen molar-refractivity contribution in [2.75, 3.05) is 18.4 Å². The molecule has 0 fully saturated rings. The maximum Gasteiger partial charge on any atom is 0.272 e. The van der Waals surface area contributed by atoms with E-state index in [1.807, 2.05) is 26.0 Å². The van der Waals surface area contributed by atoms with Gasteiger partial charge in [0.15, 0.2) is 0 Å². The summed E-state index contributed by atoms with van der Waals surface area (Å²) in [4.78, 5) is 22.6. The summed E-state index contributed by atoms with van der Waals surface area (Å²) in [6.07, 6.45) is 1.62. The number of carbonyl (C=O) groups excluding carboxylic acids is 1. The zero-order valence-corrected chi connectivity index (χ0v) is 12.6. The minimum absolute atomic E-state index is 0.0773. The van der Waals surface area contributed by atoms with Crippen LogP contribution in [-0.2, 0) is 6.54 Å². The third-order valence-corrected chi connectivity index (χ3v) is 3.13. The number of carbonyl (C=O) groups is 1. The Morgan fingerprint density at radius 1 is 1.33 bits per heavy atom. The fourth-order valence-electron chi connectivity index (χ4n) is 2.03. The van der Waals surface area contributed by atoms with E-state index < -0.39 is 0 Å². The van der Waals surface area contributed by atoms with E-state index in [0.29, 0.717) is 37.0 Å². The van der Waals surface area contributed by atoms with Crippen LogP contribution in [0.3, 0.4) is 0 Å². The zero-order chi connectivity index (χ0) is 15.2. The van der Waals surface area contributed by atoms with Gasteiger partial charge < -0.3 is 14.6 Å². The van der Waals surface area contributed by atoms with Gasteiger partial charge in [-0.15, -0.1) is 0 Å². The van der Waals surface area contributed by atoms with Gasteiger partial charge in [0.2, 0.25) is 0 Å². The van der Waals surface area contributed by atoms with E-state index in [1.165, 1.54) is 0 Å². The molecule has 6 heteroatoms. The molecule has 0 saturated heterocycles. The average Bonchev–Trinajstić information content (AvgIpc) is 2.99. The standard InChI is InChI=1S/C15H20N4O2/c1-4-19(5-2)15(20)13-9-14(18-11(3)17-13)16-10-12-7-6-8-21-12/h6-9H,4-5,10H2,1-3H3,(H,16,17,18). The SMILES string of the molecule is CCN(CC)C(=O)c1cc(NCc2ccco2)nc(C)n1. The molecule has 0 atom stereocenters. The summed E-state index contributed by atoms with van der Waals surface area (Å²) < 4.78 is 5.26. The minimum atomic E-state index is -0.0773. The van der Waals surface area contributed by atoms with Crippen LogP contribution < -0.4 is 5.32 Å². The monoisotopic (exact) mass is 288 g/mol. The predicted molar refractivity (Wildman–Crippen MR) is 80.1 cm³/mol. The van der Waals surface area contributed by atoms with E-state index in [1.54, 1.807) is 24.2 Å². The molecule has 0 saturated carbocycles. The molecule has 0 aliphatic rings. The zero-order valence-electron chi connectivity index (χ0n) is 12.6. The van der Waals surface area contributed by atoms with Crippen LogP contribution in [0.5, 0.6) is 0 Å². The van der Waals surface area contributed by atoms with E-state index in [9.17, 15) is 4.79 Å². The van der Waals surface area contributed by atoms with E-state index in [4.69, 9.17) is 4.42 Å². The summed E-state index contributed by atoms with van der Waals surface area (Å²) in [7, 11) is 0. The molecule has 6 nitrogen and oxygen atoms in total. The number of nitrogens with zero attached hydrogens (tertiary/aromatic N) is 3. The number of furan rings is 1. The highest BCUT2D eigenvalue weighted by atomic mass is 16.3. The Balaban J connectivity index is 2.14. The van der Waals surface area contributed by atoms with Gasteiger partial charge in [-0.25, -0.2) is 9.97 Å². The lowest BCUT2D eigenvalue weighted by atomic mass is 10.3. The van der Waals surface area contributed by atoms with Gasteiger partial charge in [-0.1, -0.05) is 0 Å². The fraction of sp³-hybridized carbons (Fsp3) is 0.400. The maximum absolute atomic E-state index is 12.3. The van der Waals surface area contributed by atoms with Crippen molar-refractivity contribution in [2.45, 2.75) is 27.3 Å². The Bertz CT molecular complexity index is 592. The minimum Gasteiger partial charge on any atom is -0.467 e. The Morgan fingerprint density at radius 2 is 2.10 bits per heavy atom. The highest BCUT2D eigenvalue weighted by Crippen LogP contribution is 2.11. The summed E-state index contributed by atoms with van der Waals surface area (Å²) in [5.41, 5.74) is 0.410. The third-order valence-electron chi connectivity index (χ3n) is 3.13. The smallest absolute Gasteiger partial charge is 0.272 e. The number of amides is 1. The molecule has 112 valence electrons. The summed E-state index contributed by atoms with van der Waals surface area (Å²) >= 11 is 0. The lowest BCUT2D eigenvalue weighted by molar-refractivity contribution is 0.0766. The molecular weight excluding hydrogens is 268 g/mol. The number of rotatable bonds is 6. The van der Waals surface area contributed by atoms with Crippen molar-refractivity contribution in [2.24, 2.45) is 0 Å². The molecule has 2 aromatic heterocycles. The number of aromatic nitrogens is 2. The normalized spacial score (nSPS) is 10.4. The highest BCUT2D eigenvalue weighted by molar-refractivity contribution is 5.92. The number of hydrogen-bond acceptors (Lipinski definition) is 5. The second-order valence-corrected chi connectivity index (χ2v) is 4.60. The largest absolute Gasteiger partial charge is 0.467 e. The molecule has 21 heavy (non-hydrogen) atoms. The number of anilines is 1. The van der Waals surface area contributed by atoms with Gasteiger partial charge in [-0.2, -0.15) is 0 Å². The van der Waals surface area contributed by atoms with Gasteiger partial charge in [-0.05, 0) is 32.9 Å². The number of aryl methyl sites for hydroxylation is 1. The topological polar surface area (TPSA) is 71.3 Å². The van der Waals surface area contributed by atoms with Crippen molar-refractivity contribution in [3.63, 3.8) is 0 Å². The summed E-state index contributed by atoms with van der Waals surface area (Å²) in [5, 5.41) is 3.14. The Labute approximate surface area is 124 Å². The van der Waals surface area contributed by atoms with E-state index in [0.717, 1.165) is 5.76 Å². The van der Waals surface area contributed by atoms with Crippen molar-refractivity contribution < 1.29 is 9.21 Å². The van der Waals surface area contributed by atoms with Crippen molar-refractivity contribution >= 4 is 11.7 Å². The average molecular weight is 288 g/mol. The molecule has 1 amide bonds. The second kappa shape index (κ2) is 6.88. The van der Waals surface area contributed by atoms with Crippen molar-refractivity contribution in [3.05, 3.63) is 41.7 Å². The van der Waals surface area contributed by atoms with Crippen LogP contribution in [0, 0.1) is 6.92 Å². The van der Waals surface area contributed by atoms with E-state index >= 15 is 0 Å². The molecule has 0 radical (unpaired) electrons. The molecule has 2 rings (SSSR count). The van der Waals surface area contributed by atoms with Crippen molar-refractivity contribution in [3.8, 4) is 0 Å². The van der Waals surface area contributed by atoms with Crippen LogP contribution in [0.1, 0.15) is 35.9 Å². The predicted octanol–water partition coefficient (Wildman–Crippen LogP) is 2.47. The van der Waals surface area contributed by atoms with Crippen LogP contribution in [0.2, 0.25) is 0 Å². The van der Waals surface area contributed by atoms with Gasteiger partial charge in [0, 0.05) is 19.2 Å². The highest BCUT2D eigenvalue weighted by Gasteiger charge is 2.15. The van der Waals surface area contributed by atoms with Gasteiger partial charge in [0.1, 0.15) is 23.1 Å². The molecule has 2 aromatic rings. The van der Waals surface area contributed by atoms with Crippen LogP contribution >= 0.6 is 0 Å². The molecule has 0 bridgehead atoms. The third kappa shape index (κ3) is 3.81. The molecular formula is C15H20N4O2. The summed E-state index contributed by atoms with van der Waals surface area (Å²) in [6, 6.07) is 5.39. The van der Waals surface area contributed by atoms with Crippen LogP contribution in [0.15, 0.2) is 28.9 Å². The second-order valence-electron chi connectivity index (χ2n) is 4.60. The lowest BCUT2D eigenvalue weighted by Gasteiger charge is -2.18. The van der Waals surface area contributed by atoms with E-state index in [2.05, 4.69) is 15.3 Å². The quantitative estimate of drug-likeness (QED) is 0.884. The van der Waals surface area contributed by atoms with Gasteiger partial charge in [0.05, 0.1) is 12.8 Å². The summed E-state index contributed by atoms with van der Waals surface area (Å²) in [6.45, 7) is 7.51. The van der Waals surface area contributed by atoms with Crippen LogP contribution in [0.25, 0.3) is 0 Å². The fourth-order valence-corrected chi connectivity index (χ4v) is 2.03. The molecule has 2 heterocycles. The van der Waals surface area contributed by atoms with Gasteiger partial charge >= 0.3 is 0 Å². The van der Waals surface area contributed by atoms with E-state index in [-0.39, 0.29) is 5.91 Å². The Kier molecular flexibility index (Phi) is 4.92. The van der Waals surface area contributed by atoms with Crippen molar-refractivity contribution in [1.82, 2.24) is 14.9 Å². The first kappa shape index (κ1) is 15.0. The molecule has 0 aromatic carbocycles. The Morgan fingerprint density at radius 3 is 2.71 bits per heavy atom. The number of nitrogens with one attached hydrogen (secondary N) is 1. The van der Waals surface area contributed by atoms with Gasteiger partial charge in [-0.3, -0.25) is 4.79 Å². The summed E-state index contributed by atoms with van der Waals surface area (Å²) in [5.74, 6) is 1.92. The van der Waals surface area contributed by atoms with Crippen molar-refractivity contribution in [1.29, 1.82) is 0 Å². The van der Waals surface area contributed by atoms with Crippen LogP contribution in [0.4, 0.5) is 5.82 Å². The van der Waals surface area contributed by atoms with Gasteiger partial charge in [0.25, 0.3) is 5.91 Å². The molecule has 0 unspecified atom stereocenters. The first-order chi connectivity index (χ1) is 10.1. The Hall–Kier alpha value is -2.37. The lowest BCUT2D eigenvalue weighted by Crippen LogP contribution is -2.31. The number of hydrogen-bond donors (Lipinski definition) is 1. The molecule has 0 aliphatic heterocycles. The molecule has 0 aliphatic carbocycles. The first-order valence-corrected chi connectivity index (χ1v) is 7.05.